The number of anilines is 2. The van der Waals surface area contributed by atoms with Crippen molar-refractivity contribution < 1.29 is 14.3 Å². The lowest BCUT2D eigenvalue weighted by Crippen LogP contribution is -2.34. The fourth-order valence-electron chi connectivity index (χ4n) is 2.94. The lowest BCUT2D eigenvalue weighted by atomic mass is 10.0. The van der Waals surface area contributed by atoms with Crippen LogP contribution in [0.3, 0.4) is 0 Å². The highest BCUT2D eigenvalue weighted by Crippen LogP contribution is 2.32. The molecule has 1 aliphatic heterocycles. The van der Waals surface area contributed by atoms with Crippen LogP contribution >= 0.6 is 0 Å². The van der Waals surface area contributed by atoms with Gasteiger partial charge in [-0.25, -0.2) is 0 Å². The van der Waals surface area contributed by atoms with Gasteiger partial charge in [0.05, 0.1) is 12.1 Å². The van der Waals surface area contributed by atoms with Crippen molar-refractivity contribution in [2.75, 3.05) is 10.6 Å². The Morgan fingerprint density at radius 1 is 1.15 bits per heavy atom. The van der Waals surface area contributed by atoms with Gasteiger partial charge in [0.15, 0.2) is 6.10 Å². The Kier molecular flexibility index (Phi) is 5.26. The van der Waals surface area contributed by atoms with Crippen LogP contribution in [0.1, 0.15) is 31.9 Å². The molecular formula is C21H24N2O3. The second kappa shape index (κ2) is 7.60. The zero-order chi connectivity index (χ0) is 18.7. The summed E-state index contributed by atoms with van der Waals surface area (Å²) in [6.07, 6.45) is 0.828. The van der Waals surface area contributed by atoms with E-state index in [9.17, 15) is 9.59 Å². The maximum atomic E-state index is 12.3. The van der Waals surface area contributed by atoms with Crippen molar-refractivity contribution in [1.82, 2.24) is 0 Å². The molecule has 0 radical (unpaired) electrons. The van der Waals surface area contributed by atoms with Gasteiger partial charge in [-0.05, 0) is 48.6 Å². The predicted molar refractivity (Wildman–Crippen MR) is 102 cm³/mol. The Hall–Kier alpha value is -2.82. The van der Waals surface area contributed by atoms with Crippen molar-refractivity contribution in [3.63, 3.8) is 0 Å². The van der Waals surface area contributed by atoms with Gasteiger partial charge >= 0.3 is 0 Å². The van der Waals surface area contributed by atoms with Crippen LogP contribution in [-0.2, 0) is 22.4 Å². The second-order valence-corrected chi connectivity index (χ2v) is 7.10. The molecule has 0 spiro atoms. The standard InChI is InChI=1S/C21H24N2O3/c1-13(2)10-15-4-6-16(7-5-15)11-20(24)22-17-8-9-19-18(12-17)23-21(25)14(3)26-19/h4-9,12-14H,10-11H2,1-3H3,(H,22,24)(H,23,25). The van der Waals surface area contributed by atoms with Crippen LogP contribution in [0.25, 0.3) is 0 Å². The normalized spacial score (nSPS) is 15.8. The van der Waals surface area contributed by atoms with Gasteiger partial charge in [-0.15, -0.1) is 0 Å². The first-order chi connectivity index (χ1) is 12.4. The first-order valence-corrected chi connectivity index (χ1v) is 8.90. The molecule has 2 N–H and O–H groups in total. The third kappa shape index (κ3) is 4.42. The first-order valence-electron chi connectivity index (χ1n) is 8.90. The summed E-state index contributed by atoms with van der Waals surface area (Å²) >= 11 is 0. The quantitative estimate of drug-likeness (QED) is 0.860. The molecule has 1 heterocycles. The third-order valence-corrected chi connectivity index (χ3v) is 4.23. The molecule has 0 fully saturated rings. The van der Waals surface area contributed by atoms with E-state index in [2.05, 4.69) is 36.6 Å². The van der Waals surface area contributed by atoms with Crippen LogP contribution in [0.2, 0.25) is 0 Å². The molecule has 2 aromatic carbocycles. The van der Waals surface area contributed by atoms with E-state index in [0.717, 1.165) is 12.0 Å². The van der Waals surface area contributed by atoms with Crippen LogP contribution < -0.4 is 15.4 Å². The Labute approximate surface area is 153 Å². The molecule has 5 heteroatoms. The van der Waals surface area contributed by atoms with E-state index in [1.165, 1.54) is 5.56 Å². The van der Waals surface area contributed by atoms with Crippen molar-refractivity contribution in [2.45, 2.75) is 39.7 Å². The van der Waals surface area contributed by atoms with Crippen LogP contribution in [0.4, 0.5) is 11.4 Å². The number of fused-ring (bicyclic) bond motifs is 1. The van der Waals surface area contributed by atoms with Gasteiger partial charge in [0.1, 0.15) is 5.75 Å². The van der Waals surface area contributed by atoms with Gasteiger partial charge in [0.25, 0.3) is 5.91 Å². The van der Waals surface area contributed by atoms with Gasteiger partial charge in [-0.1, -0.05) is 38.1 Å². The number of benzene rings is 2. The van der Waals surface area contributed by atoms with Crippen molar-refractivity contribution >= 4 is 23.2 Å². The Bertz CT molecular complexity index is 813. The van der Waals surface area contributed by atoms with E-state index in [4.69, 9.17) is 4.74 Å². The van der Waals surface area contributed by atoms with Gasteiger partial charge in [-0.3, -0.25) is 9.59 Å². The summed E-state index contributed by atoms with van der Waals surface area (Å²) in [4.78, 5) is 24.0. The van der Waals surface area contributed by atoms with Crippen LogP contribution in [0.5, 0.6) is 5.75 Å². The summed E-state index contributed by atoms with van der Waals surface area (Å²) in [5.41, 5.74) is 3.45. The SMILES string of the molecule is CC(C)Cc1ccc(CC(=O)Nc2ccc3c(c2)NC(=O)C(C)O3)cc1. The van der Waals surface area contributed by atoms with Crippen LogP contribution in [0.15, 0.2) is 42.5 Å². The van der Waals surface area contributed by atoms with E-state index in [0.29, 0.717) is 29.5 Å². The van der Waals surface area contributed by atoms with Gasteiger partial charge in [0, 0.05) is 5.69 Å². The van der Waals surface area contributed by atoms with E-state index >= 15 is 0 Å². The number of hydrogen-bond donors (Lipinski definition) is 2. The van der Waals surface area contributed by atoms with Crippen molar-refractivity contribution in [3.05, 3.63) is 53.6 Å². The van der Waals surface area contributed by atoms with E-state index < -0.39 is 6.10 Å². The Morgan fingerprint density at radius 2 is 1.85 bits per heavy atom. The molecule has 5 nitrogen and oxygen atoms in total. The number of nitrogens with one attached hydrogen (secondary N) is 2. The molecule has 0 aromatic heterocycles. The zero-order valence-electron chi connectivity index (χ0n) is 15.3. The molecule has 0 aliphatic carbocycles. The fraction of sp³-hybridized carbons (Fsp3) is 0.333. The molecule has 2 amide bonds. The van der Waals surface area contributed by atoms with E-state index in [-0.39, 0.29) is 11.8 Å². The molecule has 1 atom stereocenters. The number of rotatable bonds is 5. The highest BCUT2D eigenvalue weighted by atomic mass is 16.5. The smallest absolute Gasteiger partial charge is 0.265 e. The zero-order valence-corrected chi connectivity index (χ0v) is 15.3. The summed E-state index contributed by atoms with van der Waals surface area (Å²) < 4.78 is 5.51. The maximum Gasteiger partial charge on any atom is 0.265 e. The summed E-state index contributed by atoms with van der Waals surface area (Å²) in [6, 6.07) is 13.4. The Balaban J connectivity index is 1.62. The van der Waals surface area contributed by atoms with E-state index in [1.807, 2.05) is 12.1 Å². The van der Waals surface area contributed by atoms with Gasteiger partial charge < -0.3 is 15.4 Å². The molecule has 0 bridgehead atoms. The van der Waals surface area contributed by atoms with Gasteiger partial charge in [0.2, 0.25) is 5.91 Å². The number of amides is 2. The predicted octanol–water partition coefficient (Wildman–Crippen LogP) is 3.79. The minimum absolute atomic E-state index is 0.0991. The molecule has 136 valence electrons. The highest BCUT2D eigenvalue weighted by molar-refractivity contribution is 5.99. The van der Waals surface area contributed by atoms with Crippen molar-refractivity contribution in [1.29, 1.82) is 0 Å². The number of ether oxygens (including phenoxy) is 1. The summed E-state index contributed by atoms with van der Waals surface area (Å²) in [7, 11) is 0. The summed E-state index contributed by atoms with van der Waals surface area (Å²) in [5, 5.41) is 5.65. The third-order valence-electron chi connectivity index (χ3n) is 4.23. The minimum Gasteiger partial charge on any atom is -0.479 e. The minimum atomic E-state index is -0.512. The fourth-order valence-corrected chi connectivity index (χ4v) is 2.94. The van der Waals surface area contributed by atoms with Crippen LogP contribution in [-0.4, -0.2) is 17.9 Å². The number of carbonyl (C=O) groups is 2. The number of hydrogen-bond acceptors (Lipinski definition) is 3. The molecule has 1 unspecified atom stereocenters. The highest BCUT2D eigenvalue weighted by Gasteiger charge is 2.23. The molecular weight excluding hydrogens is 328 g/mol. The summed E-state index contributed by atoms with van der Waals surface area (Å²) in [6.45, 7) is 6.07. The molecule has 3 rings (SSSR count). The lowest BCUT2D eigenvalue weighted by Gasteiger charge is -2.23. The lowest BCUT2D eigenvalue weighted by molar-refractivity contribution is -0.122. The van der Waals surface area contributed by atoms with Crippen LogP contribution in [0, 0.1) is 5.92 Å². The molecule has 0 saturated heterocycles. The molecule has 26 heavy (non-hydrogen) atoms. The second-order valence-electron chi connectivity index (χ2n) is 7.10. The Morgan fingerprint density at radius 3 is 2.54 bits per heavy atom. The average molecular weight is 352 g/mol. The number of carbonyl (C=O) groups excluding carboxylic acids is 2. The topological polar surface area (TPSA) is 67.4 Å². The van der Waals surface area contributed by atoms with Crippen molar-refractivity contribution in [2.24, 2.45) is 5.92 Å². The van der Waals surface area contributed by atoms with Gasteiger partial charge in [-0.2, -0.15) is 0 Å². The van der Waals surface area contributed by atoms with Crippen molar-refractivity contribution in [3.8, 4) is 5.75 Å². The molecule has 1 aliphatic rings. The first kappa shape index (κ1) is 18.0. The summed E-state index contributed by atoms with van der Waals surface area (Å²) in [5.74, 6) is 0.928. The maximum absolute atomic E-state index is 12.3. The van der Waals surface area contributed by atoms with E-state index in [1.54, 1.807) is 25.1 Å². The average Bonchev–Trinajstić information content (AvgIpc) is 2.57. The molecule has 0 saturated carbocycles. The largest absolute Gasteiger partial charge is 0.479 e. The monoisotopic (exact) mass is 352 g/mol. The molecule has 2 aromatic rings.